The van der Waals surface area contributed by atoms with Crippen LogP contribution in [0.3, 0.4) is 0 Å². The fraction of sp³-hybridized carbons (Fsp3) is 0.435. The van der Waals surface area contributed by atoms with E-state index in [9.17, 15) is 4.79 Å². The van der Waals surface area contributed by atoms with Crippen LogP contribution in [0.2, 0.25) is 0 Å². The molecule has 1 fully saturated rings. The number of pyridine rings is 1. The van der Waals surface area contributed by atoms with E-state index < -0.39 is 0 Å². The van der Waals surface area contributed by atoms with Gasteiger partial charge < -0.3 is 10.6 Å². The lowest BCUT2D eigenvalue weighted by atomic mass is 10.0. The largest absolute Gasteiger partial charge is 0.314 e. The Labute approximate surface area is 192 Å². The normalized spacial score (nSPS) is 15.5. The Bertz CT molecular complexity index is 1060. The maximum absolute atomic E-state index is 11.9. The SMILES string of the molecule is CCc1nc(C)c(-c2ccnc(Nc3ccc(C(CC(C)=O)N4CCNCC4)cn3)n2)s1. The zero-order chi connectivity index (χ0) is 22.5. The van der Waals surface area contributed by atoms with E-state index in [1.54, 1.807) is 24.5 Å². The van der Waals surface area contributed by atoms with Crippen LogP contribution in [0.15, 0.2) is 30.6 Å². The highest BCUT2D eigenvalue weighted by molar-refractivity contribution is 7.15. The van der Waals surface area contributed by atoms with Crippen molar-refractivity contribution in [2.45, 2.75) is 39.7 Å². The number of aromatic nitrogens is 4. The quantitative estimate of drug-likeness (QED) is 0.537. The van der Waals surface area contributed by atoms with E-state index in [0.29, 0.717) is 18.2 Å². The molecule has 0 amide bonds. The second-order valence-corrected chi connectivity index (χ2v) is 9.03. The van der Waals surface area contributed by atoms with Crippen LogP contribution in [-0.2, 0) is 11.2 Å². The van der Waals surface area contributed by atoms with Crippen LogP contribution >= 0.6 is 11.3 Å². The van der Waals surface area contributed by atoms with Crippen LogP contribution in [0.25, 0.3) is 10.6 Å². The first-order valence-corrected chi connectivity index (χ1v) is 11.8. The average molecular weight is 452 g/mol. The first-order valence-electron chi connectivity index (χ1n) is 11.0. The van der Waals surface area contributed by atoms with Crippen molar-refractivity contribution in [3.8, 4) is 10.6 Å². The molecule has 0 spiro atoms. The van der Waals surface area contributed by atoms with Gasteiger partial charge in [-0.3, -0.25) is 9.69 Å². The van der Waals surface area contributed by atoms with E-state index in [1.807, 2.05) is 31.3 Å². The fourth-order valence-electron chi connectivity index (χ4n) is 3.90. The molecule has 0 aliphatic carbocycles. The Hall–Kier alpha value is -2.75. The van der Waals surface area contributed by atoms with Crippen molar-refractivity contribution in [1.82, 2.24) is 30.2 Å². The summed E-state index contributed by atoms with van der Waals surface area (Å²) >= 11 is 1.67. The predicted octanol–water partition coefficient (Wildman–Crippen LogP) is 3.53. The Kier molecular flexibility index (Phi) is 7.19. The Morgan fingerprint density at radius 1 is 1.22 bits per heavy atom. The third kappa shape index (κ3) is 5.35. The molecule has 1 unspecified atom stereocenters. The second kappa shape index (κ2) is 10.2. The molecule has 168 valence electrons. The third-order valence-electron chi connectivity index (χ3n) is 5.52. The van der Waals surface area contributed by atoms with Gasteiger partial charge in [0.2, 0.25) is 5.95 Å². The van der Waals surface area contributed by atoms with Crippen molar-refractivity contribution < 1.29 is 4.79 Å². The van der Waals surface area contributed by atoms with Crippen molar-refractivity contribution in [1.29, 1.82) is 0 Å². The lowest BCUT2D eigenvalue weighted by Gasteiger charge is -2.34. The number of anilines is 2. The number of rotatable bonds is 8. The molecule has 3 aromatic heterocycles. The van der Waals surface area contributed by atoms with Gasteiger partial charge in [0.15, 0.2) is 0 Å². The molecule has 0 radical (unpaired) electrons. The average Bonchev–Trinajstić information content (AvgIpc) is 3.19. The Balaban J connectivity index is 1.50. The number of carbonyl (C=O) groups is 1. The van der Waals surface area contributed by atoms with Gasteiger partial charge in [0.05, 0.1) is 21.3 Å². The zero-order valence-corrected chi connectivity index (χ0v) is 19.6. The van der Waals surface area contributed by atoms with Crippen molar-refractivity contribution in [3.63, 3.8) is 0 Å². The molecule has 32 heavy (non-hydrogen) atoms. The number of ketones is 1. The molecule has 1 aliphatic rings. The lowest BCUT2D eigenvalue weighted by Crippen LogP contribution is -2.45. The van der Waals surface area contributed by atoms with Crippen molar-refractivity contribution in [3.05, 3.63) is 46.9 Å². The molecule has 1 atom stereocenters. The van der Waals surface area contributed by atoms with Crippen LogP contribution in [0.5, 0.6) is 0 Å². The van der Waals surface area contributed by atoms with Crippen molar-refractivity contribution in [2.24, 2.45) is 0 Å². The summed E-state index contributed by atoms with van der Waals surface area (Å²) in [4.78, 5) is 33.5. The summed E-state index contributed by atoms with van der Waals surface area (Å²) in [7, 11) is 0. The minimum atomic E-state index is 0.0535. The van der Waals surface area contributed by atoms with E-state index in [4.69, 9.17) is 0 Å². The van der Waals surface area contributed by atoms with E-state index in [-0.39, 0.29) is 11.8 Å². The first kappa shape index (κ1) is 22.4. The summed E-state index contributed by atoms with van der Waals surface area (Å²) < 4.78 is 0. The van der Waals surface area contributed by atoms with E-state index in [2.05, 4.69) is 42.4 Å². The molecule has 2 N–H and O–H groups in total. The highest BCUT2D eigenvalue weighted by atomic mass is 32.1. The maximum Gasteiger partial charge on any atom is 0.228 e. The molecular weight excluding hydrogens is 422 g/mol. The van der Waals surface area contributed by atoms with Gasteiger partial charge in [-0.1, -0.05) is 13.0 Å². The lowest BCUT2D eigenvalue weighted by molar-refractivity contribution is -0.118. The Morgan fingerprint density at radius 2 is 2.03 bits per heavy atom. The minimum absolute atomic E-state index is 0.0535. The number of aryl methyl sites for hydroxylation is 2. The summed E-state index contributed by atoms with van der Waals surface area (Å²) in [6, 6.07) is 5.92. The summed E-state index contributed by atoms with van der Waals surface area (Å²) in [6.45, 7) is 9.49. The van der Waals surface area contributed by atoms with Gasteiger partial charge in [-0.15, -0.1) is 11.3 Å². The minimum Gasteiger partial charge on any atom is -0.314 e. The molecule has 0 bridgehead atoms. The van der Waals surface area contributed by atoms with Crippen LogP contribution in [0.1, 0.15) is 42.6 Å². The number of nitrogens with zero attached hydrogens (tertiary/aromatic N) is 5. The van der Waals surface area contributed by atoms with E-state index >= 15 is 0 Å². The predicted molar refractivity (Wildman–Crippen MR) is 127 cm³/mol. The van der Waals surface area contributed by atoms with Gasteiger partial charge in [-0.2, -0.15) is 0 Å². The number of hydrogen-bond acceptors (Lipinski definition) is 9. The van der Waals surface area contributed by atoms with Gasteiger partial charge in [-0.05, 0) is 38.0 Å². The number of thiazole rings is 1. The summed E-state index contributed by atoms with van der Waals surface area (Å²) in [6.07, 6.45) is 5.00. The van der Waals surface area contributed by atoms with Crippen LogP contribution in [0.4, 0.5) is 11.8 Å². The monoisotopic (exact) mass is 451 g/mol. The number of carbonyl (C=O) groups excluding carboxylic acids is 1. The van der Waals surface area contributed by atoms with E-state index in [0.717, 1.165) is 59.4 Å². The third-order valence-corrected chi connectivity index (χ3v) is 6.84. The highest BCUT2D eigenvalue weighted by Crippen LogP contribution is 2.30. The van der Waals surface area contributed by atoms with Gasteiger partial charge in [0.25, 0.3) is 0 Å². The maximum atomic E-state index is 11.9. The Morgan fingerprint density at radius 3 is 2.69 bits per heavy atom. The van der Waals surface area contributed by atoms with Crippen molar-refractivity contribution >= 4 is 28.9 Å². The standard InChI is InChI=1S/C23H29N7OS/c1-4-21-27-16(3)22(32-21)18-7-8-25-23(28-18)29-20-6-5-17(14-26-20)19(13-15(2)31)30-11-9-24-10-12-30/h5-8,14,19,24H,4,9-13H2,1-3H3,(H,25,26,28,29). The molecule has 9 heteroatoms. The van der Waals surface area contributed by atoms with Crippen LogP contribution in [0, 0.1) is 6.92 Å². The molecule has 3 aromatic rings. The first-order chi connectivity index (χ1) is 15.5. The molecule has 0 aromatic carbocycles. The highest BCUT2D eigenvalue weighted by Gasteiger charge is 2.23. The molecule has 8 nitrogen and oxygen atoms in total. The zero-order valence-electron chi connectivity index (χ0n) is 18.8. The molecular formula is C23H29N7OS. The molecule has 4 rings (SSSR count). The summed E-state index contributed by atoms with van der Waals surface area (Å²) in [5.41, 5.74) is 2.90. The van der Waals surface area contributed by atoms with Gasteiger partial charge >= 0.3 is 0 Å². The summed E-state index contributed by atoms with van der Waals surface area (Å²) in [5, 5.41) is 7.67. The van der Waals surface area contributed by atoms with Crippen LogP contribution in [-0.4, -0.2) is 56.8 Å². The fourth-order valence-corrected chi connectivity index (χ4v) is 4.88. The molecule has 4 heterocycles. The van der Waals surface area contributed by atoms with E-state index in [1.165, 1.54) is 0 Å². The van der Waals surface area contributed by atoms with Gasteiger partial charge in [0, 0.05) is 51.0 Å². The smallest absolute Gasteiger partial charge is 0.228 e. The second-order valence-electron chi connectivity index (χ2n) is 7.95. The van der Waals surface area contributed by atoms with Crippen LogP contribution < -0.4 is 10.6 Å². The van der Waals surface area contributed by atoms with Crippen molar-refractivity contribution in [2.75, 3.05) is 31.5 Å². The number of nitrogens with one attached hydrogen (secondary N) is 2. The number of Topliss-reactive ketones (excluding diaryl/α,β-unsaturated/α-hetero) is 1. The topological polar surface area (TPSA) is 95.9 Å². The number of hydrogen-bond donors (Lipinski definition) is 2. The molecule has 0 saturated carbocycles. The molecule has 1 saturated heterocycles. The van der Waals surface area contributed by atoms with Gasteiger partial charge in [-0.25, -0.2) is 19.9 Å². The van der Waals surface area contributed by atoms with Gasteiger partial charge in [0.1, 0.15) is 11.6 Å². The number of piperazine rings is 1. The molecule has 1 aliphatic heterocycles. The summed E-state index contributed by atoms with van der Waals surface area (Å²) in [5.74, 6) is 1.35.